The van der Waals surface area contributed by atoms with Crippen molar-refractivity contribution in [1.82, 2.24) is 5.32 Å². The van der Waals surface area contributed by atoms with Crippen LogP contribution in [0.2, 0.25) is 0 Å². The summed E-state index contributed by atoms with van der Waals surface area (Å²) < 4.78 is 11.1. The number of anilines is 1. The fraction of sp³-hybridized carbons (Fsp3) is 0.400. The Labute approximate surface area is 193 Å². The van der Waals surface area contributed by atoms with E-state index in [0.29, 0.717) is 23.6 Å². The van der Waals surface area contributed by atoms with Crippen molar-refractivity contribution < 1.29 is 29.0 Å². The molecule has 1 aliphatic heterocycles. The number of hydrogen-bond donors (Lipinski definition) is 2. The van der Waals surface area contributed by atoms with Crippen LogP contribution in [0.1, 0.15) is 45.2 Å². The molecule has 0 radical (unpaired) electrons. The van der Waals surface area contributed by atoms with Crippen LogP contribution in [0.15, 0.2) is 48.5 Å². The number of alkyl carbamates (subject to hydrolysis) is 1. The zero-order valence-corrected chi connectivity index (χ0v) is 19.3. The smallest absolute Gasteiger partial charge is 0.408 e. The standard InChI is InChI=1S/C25H30N2O6/c1-5-19(26-24(31)33-25(2,3)4)22(28)27-20-12-11-18(13-17(20)14-21(27)23(29)30)32-15-16-9-7-6-8-10-16/h6-13,19,21H,5,14-15H2,1-4H3,(H,26,31)(H,29,30)/t19-,21-/m0/s1. The zero-order valence-electron chi connectivity index (χ0n) is 19.3. The van der Waals surface area contributed by atoms with Crippen LogP contribution in [-0.4, -0.2) is 40.8 Å². The second kappa shape index (κ2) is 9.94. The zero-order chi connectivity index (χ0) is 24.2. The number of carboxylic acids is 1. The number of ether oxygens (including phenoxy) is 2. The van der Waals surface area contributed by atoms with Gasteiger partial charge in [0.05, 0.1) is 0 Å². The van der Waals surface area contributed by atoms with Crippen molar-refractivity contribution in [3.05, 3.63) is 59.7 Å². The molecular formula is C25H30N2O6. The predicted octanol–water partition coefficient (Wildman–Crippen LogP) is 3.91. The van der Waals surface area contributed by atoms with E-state index in [0.717, 1.165) is 5.56 Å². The van der Waals surface area contributed by atoms with Crippen molar-refractivity contribution in [2.45, 2.75) is 64.8 Å². The summed E-state index contributed by atoms with van der Waals surface area (Å²) in [5, 5.41) is 12.3. The second-order valence-electron chi connectivity index (χ2n) is 8.94. The van der Waals surface area contributed by atoms with Gasteiger partial charge in [0.2, 0.25) is 0 Å². The van der Waals surface area contributed by atoms with Crippen molar-refractivity contribution >= 4 is 23.7 Å². The van der Waals surface area contributed by atoms with Crippen LogP contribution in [0.25, 0.3) is 0 Å². The highest BCUT2D eigenvalue weighted by atomic mass is 16.6. The summed E-state index contributed by atoms with van der Waals surface area (Å²) in [7, 11) is 0. The fourth-order valence-corrected chi connectivity index (χ4v) is 3.68. The molecule has 0 fully saturated rings. The number of fused-ring (bicyclic) bond motifs is 1. The lowest BCUT2D eigenvalue weighted by Gasteiger charge is -2.28. The van der Waals surface area contributed by atoms with E-state index in [2.05, 4.69) is 5.32 Å². The quantitative estimate of drug-likeness (QED) is 0.657. The number of carbonyl (C=O) groups is 3. The van der Waals surface area contributed by atoms with Crippen molar-refractivity contribution in [3.63, 3.8) is 0 Å². The predicted molar refractivity (Wildman–Crippen MR) is 123 cm³/mol. The summed E-state index contributed by atoms with van der Waals surface area (Å²) in [4.78, 5) is 38.7. The summed E-state index contributed by atoms with van der Waals surface area (Å²) in [6, 6.07) is 12.9. The van der Waals surface area contributed by atoms with E-state index in [4.69, 9.17) is 9.47 Å². The van der Waals surface area contributed by atoms with Gasteiger partial charge in [-0.3, -0.25) is 9.69 Å². The highest BCUT2D eigenvalue weighted by Crippen LogP contribution is 2.36. The minimum atomic E-state index is -1.11. The lowest BCUT2D eigenvalue weighted by molar-refractivity contribution is -0.140. The summed E-state index contributed by atoms with van der Waals surface area (Å²) in [5.74, 6) is -1.01. The van der Waals surface area contributed by atoms with Crippen LogP contribution in [0.4, 0.5) is 10.5 Å². The number of amides is 2. The van der Waals surface area contributed by atoms with Crippen LogP contribution in [0.3, 0.4) is 0 Å². The molecule has 0 saturated heterocycles. The highest BCUT2D eigenvalue weighted by molar-refractivity contribution is 6.05. The Morgan fingerprint density at radius 3 is 2.45 bits per heavy atom. The lowest BCUT2D eigenvalue weighted by Crippen LogP contribution is -2.53. The van der Waals surface area contributed by atoms with Crippen molar-refractivity contribution in [2.24, 2.45) is 0 Å². The molecular weight excluding hydrogens is 424 g/mol. The third-order valence-corrected chi connectivity index (χ3v) is 5.20. The van der Waals surface area contributed by atoms with E-state index in [1.807, 2.05) is 30.3 Å². The van der Waals surface area contributed by atoms with Gasteiger partial charge in [0.25, 0.3) is 5.91 Å². The molecule has 0 bridgehead atoms. The lowest BCUT2D eigenvalue weighted by atomic mass is 10.1. The molecule has 176 valence electrons. The van der Waals surface area contributed by atoms with Gasteiger partial charge >= 0.3 is 12.1 Å². The van der Waals surface area contributed by atoms with Crippen LogP contribution in [0, 0.1) is 0 Å². The molecule has 8 nitrogen and oxygen atoms in total. The average Bonchev–Trinajstić information content (AvgIpc) is 3.14. The van der Waals surface area contributed by atoms with Gasteiger partial charge in [-0.05, 0) is 56.5 Å². The van der Waals surface area contributed by atoms with Gasteiger partial charge in [-0.15, -0.1) is 0 Å². The number of nitrogens with one attached hydrogen (secondary N) is 1. The van der Waals surface area contributed by atoms with E-state index in [-0.39, 0.29) is 12.8 Å². The molecule has 2 N–H and O–H groups in total. The van der Waals surface area contributed by atoms with Gasteiger partial charge in [0.1, 0.15) is 30.0 Å². The molecule has 2 aromatic rings. The molecule has 1 heterocycles. The summed E-state index contributed by atoms with van der Waals surface area (Å²) in [6.45, 7) is 7.30. The Hall–Kier alpha value is -3.55. The van der Waals surface area contributed by atoms with Crippen LogP contribution in [-0.2, 0) is 27.4 Å². The number of carbonyl (C=O) groups excluding carboxylic acids is 2. The van der Waals surface area contributed by atoms with Gasteiger partial charge in [0, 0.05) is 12.1 Å². The number of hydrogen-bond acceptors (Lipinski definition) is 5. The van der Waals surface area contributed by atoms with Gasteiger partial charge in [-0.25, -0.2) is 9.59 Å². The number of nitrogens with zero attached hydrogens (tertiary/aromatic N) is 1. The van der Waals surface area contributed by atoms with E-state index in [1.54, 1.807) is 45.9 Å². The summed E-state index contributed by atoms with van der Waals surface area (Å²) in [5.41, 5.74) is 1.50. The largest absolute Gasteiger partial charge is 0.489 e. The first-order valence-electron chi connectivity index (χ1n) is 10.9. The number of carboxylic acid groups (broad SMARTS) is 1. The van der Waals surface area contributed by atoms with Gasteiger partial charge in [-0.1, -0.05) is 37.3 Å². The first-order chi connectivity index (χ1) is 15.6. The fourth-order valence-electron chi connectivity index (χ4n) is 3.68. The Morgan fingerprint density at radius 2 is 1.85 bits per heavy atom. The number of rotatable bonds is 7. The molecule has 0 spiro atoms. The minimum absolute atomic E-state index is 0.155. The van der Waals surface area contributed by atoms with E-state index in [1.165, 1.54) is 4.90 Å². The van der Waals surface area contributed by atoms with E-state index in [9.17, 15) is 19.5 Å². The molecule has 0 unspecified atom stereocenters. The minimum Gasteiger partial charge on any atom is -0.489 e. The molecule has 0 saturated carbocycles. The Kier molecular flexibility index (Phi) is 7.26. The van der Waals surface area contributed by atoms with Gasteiger partial charge < -0.3 is 19.9 Å². The molecule has 0 aliphatic carbocycles. The molecule has 2 aromatic carbocycles. The monoisotopic (exact) mass is 454 g/mol. The summed E-state index contributed by atoms with van der Waals surface area (Å²) in [6.07, 6.45) is -0.283. The normalized spacial score (nSPS) is 16.0. The summed E-state index contributed by atoms with van der Waals surface area (Å²) >= 11 is 0. The topological polar surface area (TPSA) is 105 Å². The van der Waals surface area contributed by atoms with Crippen molar-refractivity contribution in [2.75, 3.05) is 4.90 Å². The average molecular weight is 455 g/mol. The number of aliphatic carboxylic acids is 1. The van der Waals surface area contributed by atoms with Gasteiger partial charge in [-0.2, -0.15) is 0 Å². The Bertz CT molecular complexity index is 1020. The van der Waals surface area contributed by atoms with E-state index < -0.39 is 35.7 Å². The highest BCUT2D eigenvalue weighted by Gasteiger charge is 2.41. The molecule has 33 heavy (non-hydrogen) atoms. The van der Waals surface area contributed by atoms with E-state index >= 15 is 0 Å². The van der Waals surface area contributed by atoms with Crippen LogP contribution < -0.4 is 15.0 Å². The SMILES string of the molecule is CC[C@H](NC(=O)OC(C)(C)C)C(=O)N1c2ccc(OCc3ccccc3)cc2C[C@H]1C(=O)O. The molecule has 0 aromatic heterocycles. The maximum atomic E-state index is 13.3. The first kappa shape index (κ1) is 24.1. The molecule has 2 amide bonds. The van der Waals surface area contributed by atoms with Crippen molar-refractivity contribution in [3.8, 4) is 5.75 Å². The Balaban J connectivity index is 1.79. The second-order valence-corrected chi connectivity index (χ2v) is 8.94. The molecule has 8 heteroatoms. The number of benzene rings is 2. The molecule has 2 atom stereocenters. The van der Waals surface area contributed by atoms with Gasteiger partial charge in [0.15, 0.2) is 0 Å². The third-order valence-electron chi connectivity index (χ3n) is 5.20. The maximum Gasteiger partial charge on any atom is 0.408 e. The Morgan fingerprint density at radius 1 is 1.15 bits per heavy atom. The molecule has 1 aliphatic rings. The van der Waals surface area contributed by atoms with Crippen molar-refractivity contribution in [1.29, 1.82) is 0 Å². The third kappa shape index (κ3) is 6.03. The maximum absolute atomic E-state index is 13.3. The van der Waals surface area contributed by atoms with Crippen LogP contribution in [0.5, 0.6) is 5.75 Å². The first-order valence-corrected chi connectivity index (χ1v) is 10.9. The van der Waals surface area contributed by atoms with Crippen LogP contribution >= 0.6 is 0 Å². The molecule has 3 rings (SSSR count).